The number of carbonyl (C=O) groups excluding carboxylic acids is 2. The van der Waals surface area contributed by atoms with Crippen LogP contribution in [0.25, 0.3) is 12.2 Å². The largest absolute Gasteiger partial charge is 0.507 e. The Hall–Kier alpha value is -4.60. The van der Waals surface area contributed by atoms with Gasteiger partial charge in [-0.2, -0.15) is 0 Å². The molecule has 0 fully saturated rings. The van der Waals surface area contributed by atoms with Gasteiger partial charge >= 0.3 is 5.97 Å². The molecule has 240 valence electrons. The molecule has 8 nitrogen and oxygen atoms in total. The lowest BCUT2D eigenvalue weighted by molar-refractivity contribution is 0.0553. The number of phenols is 1. The first kappa shape index (κ1) is 34.3. The van der Waals surface area contributed by atoms with Crippen LogP contribution in [0, 0.1) is 6.92 Å². The van der Waals surface area contributed by atoms with Crippen LogP contribution >= 0.6 is 12.2 Å². The quantitative estimate of drug-likeness (QED) is 0.0838. The number of Topliss-reactive ketones (excluding diaryl/α,β-unsaturated/α-hetero) is 1. The molecule has 1 aromatic heterocycles. The summed E-state index contributed by atoms with van der Waals surface area (Å²) in [6, 6.07) is 10.6. The first-order valence-corrected chi connectivity index (χ1v) is 15.5. The summed E-state index contributed by atoms with van der Waals surface area (Å²) in [6.45, 7) is 5.60. The van der Waals surface area contributed by atoms with Crippen molar-refractivity contribution in [3.05, 3.63) is 115 Å². The highest BCUT2D eigenvalue weighted by molar-refractivity contribution is 7.81. The third-order valence-electron chi connectivity index (χ3n) is 7.67. The van der Waals surface area contributed by atoms with Crippen LogP contribution in [-0.4, -0.2) is 40.5 Å². The molecule has 1 aliphatic rings. The molecule has 0 spiro atoms. The van der Waals surface area contributed by atoms with E-state index in [0.29, 0.717) is 47.6 Å². The molecule has 2 aromatic carbocycles. The van der Waals surface area contributed by atoms with Crippen LogP contribution in [0.1, 0.15) is 88.3 Å². The number of fused-ring (bicyclic) bond motifs is 1. The molecule has 9 heteroatoms. The zero-order valence-corrected chi connectivity index (χ0v) is 27.2. The molecule has 4 rings (SSSR count). The highest BCUT2D eigenvalue weighted by Gasteiger charge is 2.31. The third kappa shape index (κ3) is 7.78. The zero-order chi connectivity index (χ0) is 33.4. The highest BCUT2D eigenvalue weighted by Crippen LogP contribution is 2.34. The maximum Gasteiger partial charge on any atom is 0.374 e. The number of rotatable bonds is 13. The minimum atomic E-state index is -1.19. The number of thiocarbonyl (C=S) groups is 1. The zero-order valence-electron chi connectivity index (χ0n) is 26.4. The molecule has 0 saturated heterocycles. The molecule has 2 N–H and O–H groups in total. The summed E-state index contributed by atoms with van der Waals surface area (Å²) in [4.78, 5) is 39.2. The van der Waals surface area contributed by atoms with Gasteiger partial charge in [0.1, 0.15) is 16.9 Å². The van der Waals surface area contributed by atoms with Crippen LogP contribution in [0.15, 0.2) is 69.9 Å². The van der Waals surface area contributed by atoms with Gasteiger partial charge in [-0.05, 0) is 50.5 Å². The van der Waals surface area contributed by atoms with E-state index in [4.69, 9.17) is 26.1 Å². The summed E-state index contributed by atoms with van der Waals surface area (Å²) in [5.41, 5.74) is 2.10. The van der Waals surface area contributed by atoms with E-state index in [1.807, 2.05) is 38.1 Å². The second-order valence-corrected chi connectivity index (χ2v) is 11.6. The van der Waals surface area contributed by atoms with E-state index < -0.39 is 23.4 Å². The van der Waals surface area contributed by atoms with E-state index in [1.165, 1.54) is 14.0 Å². The van der Waals surface area contributed by atoms with Crippen LogP contribution in [0.5, 0.6) is 11.5 Å². The van der Waals surface area contributed by atoms with Crippen molar-refractivity contribution in [3.63, 3.8) is 0 Å². The molecule has 0 unspecified atom stereocenters. The van der Waals surface area contributed by atoms with Gasteiger partial charge in [0.25, 0.3) is 0 Å². The van der Waals surface area contributed by atoms with E-state index in [1.54, 1.807) is 48.6 Å². The highest BCUT2D eigenvalue weighted by atomic mass is 32.1. The number of phenolic OH excluding ortho intramolecular Hbond substituents is 1. The molecule has 1 heterocycles. The van der Waals surface area contributed by atoms with Crippen molar-refractivity contribution < 1.29 is 33.7 Å². The second kappa shape index (κ2) is 15.6. The molecule has 1 aliphatic carbocycles. The number of aliphatic hydroxyl groups is 1. The molecule has 2 atom stereocenters. The van der Waals surface area contributed by atoms with Gasteiger partial charge in [0, 0.05) is 22.8 Å². The first-order valence-electron chi connectivity index (χ1n) is 15.1. The van der Waals surface area contributed by atoms with Crippen molar-refractivity contribution in [2.75, 3.05) is 13.7 Å². The normalized spacial score (nSPS) is 14.0. The number of aliphatic hydroxyl groups excluding tert-OH is 1. The summed E-state index contributed by atoms with van der Waals surface area (Å²) in [7, 11) is 1.20. The Morgan fingerprint density at radius 2 is 1.96 bits per heavy atom. The minimum absolute atomic E-state index is 0.0117. The number of ether oxygens (including phenoxy) is 2. The Kier molecular flexibility index (Phi) is 11.6. The van der Waals surface area contributed by atoms with Gasteiger partial charge in [0.05, 0.1) is 36.2 Å². The number of aromatic hydroxyl groups is 1. The van der Waals surface area contributed by atoms with E-state index >= 15 is 0 Å². The van der Waals surface area contributed by atoms with Crippen LogP contribution in [-0.2, 0) is 11.2 Å². The summed E-state index contributed by atoms with van der Waals surface area (Å²) in [6.07, 6.45) is 11.3. The van der Waals surface area contributed by atoms with Crippen molar-refractivity contribution in [3.8, 4) is 11.5 Å². The van der Waals surface area contributed by atoms with Gasteiger partial charge in [-0.25, -0.2) is 4.79 Å². The molecule has 46 heavy (non-hydrogen) atoms. The van der Waals surface area contributed by atoms with Crippen molar-refractivity contribution in [1.82, 2.24) is 0 Å². The Bertz CT molecular complexity index is 1880. The maximum atomic E-state index is 13.9. The number of hydrogen-bond donors (Lipinski definition) is 2. The lowest BCUT2D eigenvalue weighted by atomic mass is 9.86. The van der Waals surface area contributed by atoms with Crippen LogP contribution < -0.4 is 20.8 Å². The fourth-order valence-corrected chi connectivity index (χ4v) is 5.57. The maximum absolute atomic E-state index is 13.9. The Labute approximate surface area is 273 Å². The fourth-order valence-electron chi connectivity index (χ4n) is 5.38. The van der Waals surface area contributed by atoms with Gasteiger partial charge in [0.15, 0.2) is 11.2 Å². The Morgan fingerprint density at radius 1 is 1.17 bits per heavy atom. The Balaban J connectivity index is 1.63. The smallest absolute Gasteiger partial charge is 0.374 e. The second-order valence-electron chi connectivity index (χ2n) is 11.0. The van der Waals surface area contributed by atoms with E-state index in [0.717, 1.165) is 12.0 Å². The lowest BCUT2D eigenvalue weighted by Gasteiger charge is -2.22. The van der Waals surface area contributed by atoms with Gasteiger partial charge in [0.2, 0.25) is 5.76 Å². The molecule has 0 radical (unpaired) electrons. The predicted octanol–water partition coefficient (Wildman–Crippen LogP) is 5.33. The molecule has 0 saturated carbocycles. The molecule has 0 amide bonds. The average Bonchev–Trinajstić information content (AvgIpc) is 3.03. The van der Waals surface area contributed by atoms with Gasteiger partial charge in [-0.15, -0.1) is 0 Å². The summed E-state index contributed by atoms with van der Waals surface area (Å²) < 4.78 is 16.8. The number of carbonyl (C=O) groups is 2. The number of allylic oxidation sites excluding steroid dienone is 2. The number of esters is 1. The summed E-state index contributed by atoms with van der Waals surface area (Å²) in [5, 5.41) is 22.5. The molecule has 0 bridgehead atoms. The van der Waals surface area contributed by atoms with Crippen molar-refractivity contribution in [2.45, 2.75) is 58.5 Å². The molecular formula is C37H38O8S. The van der Waals surface area contributed by atoms with Crippen molar-refractivity contribution in [2.24, 2.45) is 0 Å². The topological polar surface area (TPSA) is 123 Å². The van der Waals surface area contributed by atoms with E-state index in [2.05, 4.69) is 0 Å². The fraction of sp³-hybridized carbons (Fsp3) is 0.297. The van der Waals surface area contributed by atoms with Crippen LogP contribution in [0.2, 0.25) is 0 Å². The van der Waals surface area contributed by atoms with Gasteiger partial charge in [-0.3, -0.25) is 9.59 Å². The monoisotopic (exact) mass is 642 g/mol. The Morgan fingerprint density at radius 3 is 2.65 bits per heavy atom. The first-order chi connectivity index (χ1) is 22.1. The van der Waals surface area contributed by atoms with Crippen LogP contribution in [0.3, 0.4) is 0 Å². The molecule has 0 aliphatic heterocycles. The third-order valence-corrected chi connectivity index (χ3v) is 7.95. The summed E-state index contributed by atoms with van der Waals surface area (Å²) >= 11 is 5.28. The SMILES string of the molecule is CCCc1c(OCC/C=C\C=C\[C@@H](c2c(C(=O)OC)oc3c(c2=O)=CCC(=S)C=3)[C@@H](O)c2cccc(C)c2)ccc(C(C)=O)c1O. The van der Waals surface area contributed by atoms with E-state index in [9.17, 15) is 24.6 Å². The number of benzene rings is 2. The molecule has 3 aromatic rings. The minimum Gasteiger partial charge on any atom is -0.507 e. The lowest BCUT2D eigenvalue weighted by Crippen LogP contribution is -2.45. The van der Waals surface area contributed by atoms with Crippen molar-refractivity contribution in [1.29, 1.82) is 0 Å². The standard InChI is InChI=1S/C37H38O8S/c1-5-11-27-30(18-17-26(23(3)38)34(27)40)44-19-9-7-6-8-14-29(33(39)24-13-10-12-22(2)20-24)32-35(41)28-16-15-25(46)21-31(28)45-36(32)37(42)43-4/h6-8,10,12-14,16-18,20-21,29,33,39-40H,5,9,11,15,19H2,1-4H3/b7-6-,14-8+/t29-,33-/m0/s1. The number of hydrogen-bond acceptors (Lipinski definition) is 9. The predicted molar refractivity (Wildman–Crippen MR) is 181 cm³/mol. The summed E-state index contributed by atoms with van der Waals surface area (Å²) in [5.74, 6) is -1.82. The van der Waals surface area contributed by atoms with Crippen molar-refractivity contribution >= 4 is 41.0 Å². The van der Waals surface area contributed by atoms with Gasteiger partial charge < -0.3 is 24.1 Å². The number of aryl methyl sites for hydroxylation is 1. The number of ketones is 1. The average molecular weight is 643 g/mol. The van der Waals surface area contributed by atoms with Gasteiger partial charge in [-0.1, -0.05) is 85.8 Å². The van der Waals surface area contributed by atoms with Crippen LogP contribution in [0.4, 0.5) is 0 Å². The number of methoxy groups -OCH3 is 1. The molecular weight excluding hydrogens is 604 g/mol. The van der Waals surface area contributed by atoms with E-state index in [-0.39, 0.29) is 39.1 Å².